The normalized spacial score (nSPS) is 13.5. The highest BCUT2D eigenvalue weighted by molar-refractivity contribution is 7.17. The van der Waals surface area contributed by atoms with Gasteiger partial charge in [0.15, 0.2) is 5.13 Å². The largest absolute Gasteiger partial charge is 0.384 e. The number of hydrogen-bond acceptors (Lipinski definition) is 5. The van der Waals surface area contributed by atoms with Crippen LogP contribution in [0, 0.1) is 5.82 Å². The number of rotatable bonds is 6. The standard InChI is InChI=1S/C15H18FN3O2S/c1-3-17-14-18-8-12(22-14)13(20)19-9-15(2,21)10-4-6-11(16)7-5-10/h4-8,21H,3,9H2,1-2H3,(H,17,18)(H,19,20)/t15-/m1/s1. The Bertz CT molecular complexity index is 640. The summed E-state index contributed by atoms with van der Waals surface area (Å²) >= 11 is 1.25. The molecule has 0 saturated carbocycles. The monoisotopic (exact) mass is 323 g/mol. The number of halogens is 1. The molecule has 0 aliphatic heterocycles. The Morgan fingerprint density at radius 1 is 1.41 bits per heavy atom. The lowest BCUT2D eigenvalue weighted by Gasteiger charge is -2.24. The van der Waals surface area contributed by atoms with E-state index in [4.69, 9.17) is 0 Å². The maximum absolute atomic E-state index is 12.9. The summed E-state index contributed by atoms with van der Waals surface area (Å²) in [6, 6.07) is 5.55. The predicted molar refractivity (Wildman–Crippen MR) is 84.6 cm³/mol. The summed E-state index contributed by atoms with van der Waals surface area (Å²) in [5.74, 6) is -0.673. The summed E-state index contributed by atoms with van der Waals surface area (Å²) in [5, 5.41) is 16.8. The van der Waals surface area contributed by atoms with Crippen LogP contribution in [0.3, 0.4) is 0 Å². The first kappa shape index (κ1) is 16.4. The fourth-order valence-corrected chi connectivity index (χ4v) is 2.66. The first-order valence-electron chi connectivity index (χ1n) is 6.88. The van der Waals surface area contributed by atoms with E-state index >= 15 is 0 Å². The van der Waals surface area contributed by atoms with Gasteiger partial charge in [0.05, 0.1) is 12.7 Å². The third kappa shape index (κ3) is 4.02. The van der Waals surface area contributed by atoms with Crippen LogP contribution in [-0.4, -0.2) is 29.1 Å². The van der Waals surface area contributed by atoms with Gasteiger partial charge in [0.1, 0.15) is 16.3 Å². The molecule has 0 fully saturated rings. The van der Waals surface area contributed by atoms with E-state index in [1.54, 1.807) is 6.92 Å². The van der Waals surface area contributed by atoms with Crippen molar-refractivity contribution in [1.29, 1.82) is 0 Å². The predicted octanol–water partition coefficient (Wildman–Crippen LogP) is 2.35. The molecular weight excluding hydrogens is 305 g/mol. The summed E-state index contributed by atoms with van der Waals surface area (Å²) in [6.45, 7) is 4.26. The van der Waals surface area contributed by atoms with Crippen molar-refractivity contribution in [1.82, 2.24) is 10.3 Å². The zero-order valence-corrected chi connectivity index (χ0v) is 13.2. The molecule has 1 aromatic heterocycles. The summed E-state index contributed by atoms with van der Waals surface area (Å²) in [6.07, 6.45) is 1.49. The molecular formula is C15H18FN3O2S. The molecule has 22 heavy (non-hydrogen) atoms. The molecule has 5 nitrogen and oxygen atoms in total. The minimum atomic E-state index is -1.28. The molecule has 0 saturated heterocycles. The van der Waals surface area contributed by atoms with Gasteiger partial charge in [-0.1, -0.05) is 23.5 Å². The van der Waals surface area contributed by atoms with Gasteiger partial charge in [0, 0.05) is 6.54 Å². The molecule has 2 rings (SSSR count). The molecule has 1 atom stereocenters. The second kappa shape index (κ2) is 6.85. The van der Waals surface area contributed by atoms with Crippen molar-refractivity contribution in [2.24, 2.45) is 0 Å². The number of thiazole rings is 1. The van der Waals surface area contributed by atoms with E-state index in [0.717, 1.165) is 6.54 Å². The Hall–Kier alpha value is -1.99. The molecule has 0 unspecified atom stereocenters. The van der Waals surface area contributed by atoms with Crippen molar-refractivity contribution < 1.29 is 14.3 Å². The lowest BCUT2D eigenvalue weighted by Crippen LogP contribution is -2.38. The first-order chi connectivity index (χ1) is 10.4. The van der Waals surface area contributed by atoms with Gasteiger partial charge < -0.3 is 15.7 Å². The van der Waals surface area contributed by atoms with Crippen molar-refractivity contribution in [3.8, 4) is 0 Å². The number of hydrogen-bond donors (Lipinski definition) is 3. The Balaban J connectivity index is 1.98. The molecule has 0 radical (unpaired) electrons. The maximum atomic E-state index is 12.9. The minimum Gasteiger partial charge on any atom is -0.384 e. The molecule has 0 bridgehead atoms. The van der Waals surface area contributed by atoms with Crippen LogP contribution in [0.5, 0.6) is 0 Å². The molecule has 0 aliphatic rings. The molecule has 0 spiro atoms. The van der Waals surface area contributed by atoms with Gasteiger partial charge >= 0.3 is 0 Å². The quantitative estimate of drug-likeness (QED) is 0.763. The zero-order valence-electron chi connectivity index (χ0n) is 12.4. The van der Waals surface area contributed by atoms with Gasteiger partial charge in [-0.2, -0.15) is 0 Å². The van der Waals surface area contributed by atoms with Crippen molar-refractivity contribution in [2.75, 3.05) is 18.4 Å². The zero-order chi connectivity index (χ0) is 16.2. The molecule has 7 heteroatoms. The summed E-state index contributed by atoms with van der Waals surface area (Å²) < 4.78 is 12.9. The van der Waals surface area contributed by atoms with Gasteiger partial charge in [-0.3, -0.25) is 4.79 Å². The summed E-state index contributed by atoms with van der Waals surface area (Å²) in [4.78, 5) is 16.6. The first-order valence-corrected chi connectivity index (χ1v) is 7.70. The smallest absolute Gasteiger partial charge is 0.263 e. The van der Waals surface area contributed by atoms with Crippen LogP contribution in [-0.2, 0) is 5.60 Å². The van der Waals surface area contributed by atoms with Crippen LogP contribution in [0.15, 0.2) is 30.5 Å². The van der Waals surface area contributed by atoms with Crippen LogP contribution < -0.4 is 10.6 Å². The van der Waals surface area contributed by atoms with Crippen molar-refractivity contribution >= 4 is 22.4 Å². The van der Waals surface area contributed by atoms with Crippen molar-refractivity contribution in [3.63, 3.8) is 0 Å². The van der Waals surface area contributed by atoms with Gasteiger partial charge in [0.2, 0.25) is 0 Å². The van der Waals surface area contributed by atoms with Crippen LogP contribution >= 0.6 is 11.3 Å². The number of amides is 1. The van der Waals surface area contributed by atoms with Crippen LogP contribution in [0.25, 0.3) is 0 Å². The Morgan fingerprint density at radius 2 is 2.09 bits per heavy atom. The number of carbonyl (C=O) groups is 1. The van der Waals surface area contributed by atoms with Crippen molar-refractivity contribution in [3.05, 3.63) is 46.7 Å². The molecule has 2 aromatic rings. The van der Waals surface area contributed by atoms with E-state index < -0.39 is 5.60 Å². The van der Waals surface area contributed by atoms with E-state index in [-0.39, 0.29) is 18.3 Å². The maximum Gasteiger partial charge on any atom is 0.263 e. The third-order valence-corrected chi connectivity index (χ3v) is 4.07. The van der Waals surface area contributed by atoms with E-state index in [9.17, 15) is 14.3 Å². The lowest BCUT2D eigenvalue weighted by molar-refractivity contribution is 0.0527. The number of anilines is 1. The summed E-state index contributed by atoms with van der Waals surface area (Å²) in [5.41, 5.74) is -0.745. The van der Waals surface area contributed by atoms with E-state index in [2.05, 4.69) is 15.6 Å². The van der Waals surface area contributed by atoms with E-state index in [0.29, 0.717) is 15.6 Å². The van der Waals surface area contributed by atoms with Crippen LogP contribution in [0.4, 0.5) is 9.52 Å². The Kier molecular flexibility index (Phi) is 5.10. The highest BCUT2D eigenvalue weighted by Gasteiger charge is 2.24. The SMILES string of the molecule is CCNc1ncc(C(=O)NC[C@@](C)(O)c2ccc(F)cc2)s1. The number of benzene rings is 1. The van der Waals surface area contributed by atoms with Gasteiger partial charge in [-0.25, -0.2) is 9.37 Å². The van der Waals surface area contributed by atoms with Gasteiger partial charge in [-0.05, 0) is 31.5 Å². The van der Waals surface area contributed by atoms with Crippen LogP contribution in [0.1, 0.15) is 29.1 Å². The topological polar surface area (TPSA) is 74.2 Å². The summed E-state index contributed by atoms with van der Waals surface area (Å²) in [7, 11) is 0. The average molecular weight is 323 g/mol. The fourth-order valence-electron chi connectivity index (χ4n) is 1.86. The minimum absolute atomic E-state index is 0.0197. The highest BCUT2D eigenvalue weighted by atomic mass is 32.1. The number of aliphatic hydroxyl groups is 1. The number of aromatic nitrogens is 1. The Labute approximate surface area is 132 Å². The second-order valence-electron chi connectivity index (χ2n) is 5.02. The van der Waals surface area contributed by atoms with Crippen molar-refractivity contribution in [2.45, 2.75) is 19.4 Å². The second-order valence-corrected chi connectivity index (χ2v) is 6.05. The van der Waals surface area contributed by atoms with E-state index in [1.165, 1.54) is 41.8 Å². The molecule has 118 valence electrons. The van der Waals surface area contributed by atoms with Gasteiger partial charge in [-0.15, -0.1) is 0 Å². The average Bonchev–Trinajstić information content (AvgIpc) is 2.94. The lowest BCUT2D eigenvalue weighted by atomic mass is 9.96. The third-order valence-electron chi connectivity index (χ3n) is 3.12. The molecule has 1 aromatic carbocycles. The molecule has 3 N–H and O–H groups in total. The molecule has 1 heterocycles. The number of nitrogens with zero attached hydrogens (tertiary/aromatic N) is 1. The molecule has 0 aliphatic carbocycles. The Morgan fingerprint density at radius 3 is 2.73 bits per heavy atom. The van der Waals surface area contributed by atoms with Crippen LogP contribution in [0.2, 0.25) is 0 Å². The fraction of sp³-hybridized carbons (Fsp3) is 0.333. The number of nitrogens with one attached hydrogen (secondary N) is 2. The molecule has 1 amide bonds. The highest BCUT2D eigenvalue weighted by Crippen LogP contribution is 2.21. The van der Waals surface area contributed by atoms with E-state index in [1.807, 2.05) is 6.92 Å². The van der Waals surface area contributed by atoms with Gasteiger partial charge in [0.25, 0.3) is 5.91 Å². The number of carbonyl (C=O) groups excluding carboxylic acids is 1.